The van der Waals surface area contributed by atoms with Gasteiger partial charge in [-0.15, -0.1) is 0 Å². The second-order valence-electron chi connectivity index (χ2n) is 5.29. The molecular formula is C16H20N4S. The Kier molecular flexibility index (Phi) is 5.05. The average Bonchev–Trinajstić information content (AvgIpc) is 2.89. The van der Waals surface area contributed by atoms with Crippen LogP contribution in [0.15, 0.2) is 47.9 Å². The van der Waals surface area contributed by atoms with Crippen LogP contribution in [0, 0.1) is 11.3 Å². The molecule has 21 heavy (non-hydrogen) atoms. The fourth-order valence-corrected chi connectivity index (χ4v) is 3.28. The number of rotatable bonds is 6. The number of aromatic nitrogens is 2. The topological polar surface area (TPSA) is 53.6 Å². The summed E-state index contributed by atoms with van der Waals surface area (Å²) in [6, 6.07) is 12.6. The Morgan fingerprint density at radius 3 is 2.62 bits per heavy atom. The van der Waals surface area contributed by atoms with Crippen LogP contribution in [0.4, 0.5) is 0 Å². The number of nitrogens with zero attached hydrogens (tertiary/aromatic N) is 3. The van der Waals surface area contributed by atoms with Crippen molar-refractivity contribution in [2.75, 3.05) is 5.75 Å². The molecule has 0 saturated heterocycles. The van der Waals surface area contributed by atoms with E-state index in [1.54, 1.807) is 18.0 Å². The maximum Gasteiger partial charge on any atom is 0.167 e. The summed E-state index contributed by atoms with van der Waals surface area (Å²) in [6.45, 7) is 4.11. The van der Waals surface area contributed by atoms with Crippen LogP contribution in [0.25, 0.3) is 0 Å². The minimum Gasteiger partial charge on any atom is -0.329 e. The summed E-state index contributed by atoms with van der Waals surface area (Å²) in [7, 11) is 1.96. The number of nitriles is 1. The zero-order chi connectivity index (χ0) is 15.3. The molecule has 1 aromatic carbocycles. The molecule has 4 nitrogen and oxygen atoms in total. The molecule has 1 aromatic heterocycles. The number of imidazole rings is 1. The highest BCUT2D eigenvalue weighted by molar-refractivity contribution is 7.99. The van der Waals surface area contributed by atoms with Crippen molar-refractivity contribution in [3.63, 3.8) is 0 Å². The normalized spacial score (nSPS) is 13.9. The number of hydrogen-bond acceptors (Lipinski definition) is 4. The van der Waals surface area contributed by atoms with Gasteiger partial charge in [-0.2, -0.15) is 5.26 Å². The summed E-state index contributed by atoms with van der Waals surface area (Å²) < 4.78 is 1.97. The van der Waals surface area contributed by atoms with Crippen LogP contribution in [0.3, 0.4) is 0 Å². The van der Waals surface area contributed by atoms with E-state index in [0.717, 1.165) is 10.7 Å². The molecule has 2 aromatic rings. The zero-order valence-electron chi connectivity index (χ0n) is 12.6. The van der Waals surface area contributed by atoms with Gasteiger partial charge in [0.1, 0.15) is 5.54 Å². The van der Waals surface area contributed by atoms with E-state index in [1.807, 2.05) is 48.1 Å². The standard InChI is InChI=1S/C16H20N4S/c1-13(2)19-16(11-17,14-7-5-4-6-8-14)12-21-15-18-9-10-20(15)3/h4-10,13,19H,12H2,1-3H3. The molecule has 1 atom stereocenters. The lowest BCUT2D eigenvalue weighted by Gasteiger charge is -2.30. The van der Waals surface area contributed by atoms with Crippen LogP contribution in [0.2, 0.25) is 0 Å². The number of aryl methyl sites for hydroxylation is 1. The molecule has 110 valence electrons. The monoisotopic (exact) mass is 300 g/mol. The maximum atomic E-state index is 9.82. The highest BCUT2D eigenvalue weighted by atomic mass is 32.2. The van der Waals surface area contributed by atoms with Gasteiger partial charge >= 0.3 is 0 Å². The first-order valence-electron chi connectivity index (χ1n) is 6.92. The van der Waals surface area contributed by atoms with Gasteiger partial charge < -0.3 is 4.57 Å². The maximum absolute atomic E-state index is 9.82. The fourth-order valence-electron chi connectivity index (χ4n) is 2.22. The minimum atomic E-state index is -0.716. The van der Waals surface area contributed by atoms with Crippen LogP contribution in [-0.2, 0) is 12.6 Å². The quantitative estimate of drug-likeness (QED) is 0.833. The van der Waals surface area contributed by atoms with Crippen molar-refractivity contribution in [1.29, 1.82) is 5.26 Å². The molecule has 0 fully saturated rings. The van der Waals surface area contributed by atoms with Gasteiger partial charge in [-0.05, 0) is 19.4 Å². The van der Waals surface area contributed by atoms with Crippen LogP contribution >= 0.6 is 11.8 Å². The average molecular weight is 300 g/mol. The Morgan fingerprint density at radius 1 is 1.38 bits per heavy atom. The van der Waals surface area contributed by atoms with Crippen molar-refractivity contribution in [2.24, 2.45) is 7.05 Å². The third-order valence-corrected chi connectivity index (χ3v) is 4.42. The van der Waals surface area contributed by atoms with Gasteiger partial charge in [-0.1, -0.05) is 42.1 Å². The summed E-state index contributed by atoms with van der Waals surface area (Å²) in [5.41, 5.74) is 0.273. The molecule has 0 aliphatic rings. The summed E-state index contributed by atoms with van der Waals surface area (Å²) in [4.78, 5) is 4.31. The number of thioether (sulfide) groups is 1. The van der Waals surface area contributed by atoms with Gasteiger partial charge in [0, 0.05) is 31.2 Å². The molecule has 0 saturated carbocycles. The summed E-state index contributed by atoms with van der Waals surface area (Å²) >= 11 is 1.59. The van der Waals surface area contributed by atoms with Crippen molar-refractivity contribution in [2.45, 2.75) is 30.6 Å². The van der Waals surface area contributed by atoms with Gasteiger partial charge in [-0.3, -0.25) is 5.32 Å². The van der Waals surface area contributed by atoms with E-state index >= 15 is 0 Å². The van der Waals surface area contributed by atoms with Gasteiger partial charge in [0.25, 0.3) is 0 Å². The van der Waals surface area contributed by atoms with Crippen LogP contribution in [-0.4, -0.2) is 21.3 Å². The molecule has 2 rings (SSSR count). The first-order chi connectivity index (χ1) is 10.1. The molecule has 0 amide bonds. The Balaban J connectivity index is 2.28. The predicted molar refractivity (Wildman–Crippen MR) is 85.9 cm³/mol. The third-order valence-electron chi connectivity index (χ3n) is 3.19. The van der Waals surface area contributed by atoms with Crippen LogP contribution in [0.1, 0.15) is 19.4 Å². The third kappa shape index (κ3) is 3.66. The molecule has 0 aliphatic heterocycles. The molecule has 0 bridgehead atoms. The summed E-state index contributed by atoms with van der Waals surface area (Å²) in [6.07, 6.45) is 3.68. The Hall–Kier alpha value is -1.77. The molecule has 1 unspecified atom stereocenters. The van der Waals surface area contributed by atoms with Gasteiger partial charge in [-0.25, -0.2) is 4.98 Å². The molecule has 1 heterocycles. The second kappa shape index (κ2) is 6.79. The SMILES string of the molecule is CC(C)NC(C#N)(CSc1nccn1C)c1ccccc1. The van der Waals surface area contributed by atoms with E-state index in [4.69, 9.17) is 0 Å². The first kappa shape index (κ1) is 15.6. The predicted octanol–water partition coefficient (Wildman–Crippen LogP) is 2.93. The van der Waals surface area contributed by atoms with E-state index in [0.29, 0.717) is 5.75 Å². The van der Waals surface area contributed by atoms with Gasteiger partial charge in [0.2, 0.25) is 0 Å². The lowest BCUT2D eigenvalue weighted by molar-refractivity contribution is 0.425. The van der Waals surface area contributed by atoms with E-state index in [9.17, 15) is 5.26 Å². The van der Waals surface area contributed by atoms with Crippen LogP contribution < -0.4 is 5.32 Å². The lowest BCUT2D eigenvalue weighted by Crippen LogP contribution is -2.47. The second-order valence-corrected chi connectivity index (χ2v) is 6.23. The highest BCUT2D eigenvalue weighted by Gasteiger charge is 2.33. The largest absolute Gasteiger partial charge is 0.329 e. The Bertz CT molecular complexity index is 615. The van der Waals surface area contributed by atoms with Crippen molar-refractivity contribution in [1.82, 2.24) is 14.9 Å². The van der Waals surface area contributed by atoms with Gasteiger partial charge in [0.05, 0.1) is 6.07 Å². The van der Waals surface area contributed by atoms with Crippen LogP contribution in [0.5, 0.6) is 0 Å². The number of nitrogens with one attached hydrogen (secondary N) is 1. The number of hydrogen-bond donors (Lipinski definition) is 1. The first-order valence-corrected chi connectivity index (χ1v) is 7.90. The minimum absolute atomic E-state index is 0.215. The molecule has 0 radical (unpaired) electrons. The zero-order valence-corrected chi connectivity index (χ0v) is 13.4. The lowest BCUT2D eigenvalue weighted by atomic mass is 9.92. The van der Waals surface area contributed by atoms with E-state index in [2.05, 4.69) is 30.2 Å². The highest BCUT2D eigenvalue weighted by Crippen LogP contribution is 2.29. The van der Waals surface area contributed by atoms with Crippen molar-refractivity contribution in [3.05, 3.63) is 48.3 Å². The molecule has 0 spiro atoms. The molecular weight excluding hydrogens is 280 g/mol. The van der Waals surface area contributed by atoms with Crippen molar-refractivity contribution < 1.29 is 0 Å². The van der Waals surface area contributed by atoms with Crippen molar-refractivity contribution >= 4 is 11.8 Å². The van der Waals surface area contributed by atoms with E-state index < -0.39 is 5.54 Å². The van der Waals surface area contributed by atoms with E-state index in [1.165, 1.54) is 0 Å². The smallest absolute Gasteiger partial charge is 0.167 e. The van der Waals surface area contributed by atoms with E-state index in [-0.39, 0.29) is 6.04 Å². The Labute approximate surface area is 130 Å². The Morgan fingerprint density at radius 2 is 2.10 bits per heavy atom. The fraction of sp³-hybridized carbons (Fsp3) is 0.375. The number of benzene rings is 1. The van der Waals surface area contributed by atoms with Crippen molar-refractivity contribution in [3.8, 4) is 6.07 Å². The molecule has 5 heteroatoms. The summed E-state index contributed by atoms with van der Waals surface area (Å²) in [5, 5.41) is 14.2. The molecule has 1 N–H and O–H groups in total. The van der Waals surface area contributed by atoms with Gasteiger partial charge in [0.15, 0.2) is 5.16 Å². The molecule has 0 aliphatic carbocycles. The summed E-state index contributed by atoms with van der Waals surface area (Å²) in [5.74, 6) is 0.608.